The zero-order valence-electron chi connectivity index (χ0n) is 21.2. The van der Waals surface area contributed by atoms with E-state index in [1.54, 1.807) is 7.11 Å². The molecule has 10 nitrogen and oxygen atoms in total. The van der Waals surface area contributed by atoms with Crippen molar-refractivity contribution in [2.75, 3.05) is 20.3 Å². The van der Waals surface area contributed by atoms with Crippen molar-refractivity contribution in [1.82, 2.24) is 30.1 Å². The van der Waals surface area contributed by atoms with Gasteiger partial charge in [0.25, 0.3) is 5.56 Å². The van der Waals surface area contributed by atoms with Crippen LogP contribution in [0.2, 0.25) is 0 Å². The zero-order valence-corrected chi connectivity index (χ0v) is 21.2. The van der Waals surface area contributed by atoms with Gasteiger partial charge in [0.1, 0.15) is 11.5 Å². The van der Waals surface area contributed by atoms with E-state index < -0.39 is 0 Å². The molecule has 0 aliphatic carbocycles. The third-order valence-corrected chi connectivity index (χ3v) is 6.56. The van der Waals surface area contributed by atoms with Gasteiger partial charge in [0.05, 0.1) is 32.9 Å². The molecule has 1 aliphatic rings. The average molecular weight is 505 g/mol. The number of nitrogens with one attached hydrogen (secondary N) is 1. The molecule has 4 aromatic rings. The van der Waals surface area contributed by atoms with Crippen LogP contribution < -0.4 is 15.0 Å². The van der Waals surface area contributed by atoms with Crippen molar-refractivity contribution in [1.29, 1.82) is 0 Å². The molecule has 1 N–H and O–H groups in total. The summed E-state index contributed by atoms with van der Waals surface area (Å²) >= 11 is 0. The topological polar surface area (TPSA) is 107 Å². The van der Waals surface area contributed by atoms with Gasteiger partial charge < -0.3 is 19.2 Å². The summed E-state index contributed by atoms with van der Waals surface area (Å²) in [5.41, 5.74) is 2.31. The van der Waals surface area contributed by atoms with Crippen LogP contribution >= 0.6 is 0 Å². The van der Waals surface area contributed by atoms with E-state index in [1.807, 2.05) is 60.1 Å². The molecule has 3 heterocycles. The summed E-state index contributed by atoms with van der Waals surface area (Å²) in [5, 5.41) is 13.4. The van der Waals surface area contributed by atoms with Gasteiger partial charge in [-0.25, -0.2) is 4.68 Å². The molecule has 0 amide bonds. The van der Waals surface area contributed by atoms with Gasteiger partial charge in [-0.15, -0.1) is 5.10 Å². The van der Waals surface area contributed by atoms with Crippen LogP contribution in [-0.2, 0) is 30.9 Å². The third kappa shape index (κ3) is 5.98. The highest BCUT2D eigenvalue weighted by Gasteiger charge is 2.21. The van der Waals surface area contributed by atoms with Crippen molar-refractivity contribution in [3.8, 4) is 11.5 Å². The lowest BCUT2D eigenvalue weighted by molar-refractivity contribution is 0.0914. The summed E-state index contributed by atoms with van der Waals surface area (Å²) in [5.74, 6) is 2.29. The highest BCUT2D eigenvalue weighted by molar-refractivity contribution is 5.80. The summed E-state index contributed by atoms with van der Waals surface area (Å²) in [6, 6.07) is 15.5. The van der Waals surface area contributed by atoms with Crippen LogP contribution in [0, 0.1) is 0 Å². The summed E-state index contributed by atoms with van der Waals surface area (Å²) < 4.78 is 18.8. The standard InChI is InChI=1S/C27H32N6O4/c1-3-36-22-10-11-24-20(14-22)13-21(27(34)28-24)16-32(15-19-7-4-5-9-25(19)35-2)18-26-29-30-31-33(26)17-23-8-6-12-37-23/h4-5,7,9-11,13-14,23H,3,6,8,12,15-18H2,1-2H3,(H,28,34)/t23-/m0/s1. The molecule has 0 bridgehead atoms. The van der Waals surface area contributed by atoms with Crippen molar-refractivity contribution in [3.05, 3.63) is 75.8 Å². The average Bonchev–Trinajstić information content (AvgIpc) is 3.58. The van der Waals surface area contributed by atoms with Crippen molar-refractivity contribution >= 4 is 10.9 Å². The second-order valence-electron chi connectivity index (χ2n) is 9.18. The van der Waals surface area contributed by atoms with Crippen LogP contribution in [0.1, 0.15) is 36.7 Å². The van der Waals surface area contributed by atoms with Crippen LogP contribution in [0.25, 0.3) is 10.9 Å². The van der Waals surface area contributed by atoms with Gasteiger partial charge in [0.15, 0.2) is 5.82 Å². The number of aromatic nitrogens is 5. The SMILES string of the molecule is CCOc1ccc2[nH]c(=O)c(CN(Cc3ccccc3OC)Cc3nnnn3C[C@@H]3CCCO3)cc2c1. The number of H-pyrrole nitrogens is 1. The lowest BCUT2D eigenvalue weighted by Gasteiger charge is -2.23. The van der Waals surface area contributed by atoms with Gasteiger partial charge >= 0.3 is 0 Å². The molecule has 194 valence electrons. The summed E-state index contributed by atoms with van der Waals surface area (Å²) in [6.07, 6.45) is 2.17. The fourth-order valence-corrected chi connectivity index (χ4v) is 4.75. The maximum Gasteiger partial charge on any atom is 0.252 e. The first-order valence-electron chi connectivity index (χ1n) is 12.6. The maximum atomic E-state index is 13.1. The second kappa shape index (κ2) is 11.5. The summed E-state index contributed by atoms with van der Waals surface area (Å²) in [4.78, 5) is 18.2. The minimum atomic E-state index is -0.124. The fourth-order valence-electron chi connectivity index (χ4n) is 4.75. The highest BCUT2D eigenvalue weighted by Crippen LogP contribution is 2.23. The first-order valence-corrected chi connectivity index (χ1v) is 12.6. The van der Waals surface area contributed by atoms with Crippen molar-refractivity contribution in [2.24, 2.45) is 0 Å². The Hall–Kier alpha value is -3.76. The molecule has 0 spiro atoms. The number of fused-ring (bicyclic) bond motifs is 1. The van der Waals surface area contributed by atoms with Gasteiger partial charge in [-0.05, 0) is 60.5 Å². The number of aromatic amines is 1. The van der Waals surface area contributed by atoms with Gasteiger partial charge in [-0.3, -0.25) is 9.69 Å². The Labute approximate surface area is 215 Å². The normalized spacial score (nSPS) is 15.5. The molecular formula is C27H32N6O4. The quantitative estimate of drug-likeness (QED) is 0.332. The van der Waals surface area contributed by atoms with Crippen LogP contribution in [0.3, 0.4) is 0 Å². The molecule has 2 aromatic heterocycles. The zero-order chi connectivity index (χ0) is 25.6. The predicted molar refractivity (Wildman–Crippen MR) is 138 cm³/mol. The molecule has 2 aromatic carbocycles. The first kappa shape index (κ1) is 24.9. The number of pyridine rings is 1. The Morgan fingerprint density at radius 1 is 1.14 bits per heavy atom. The summed E-state index contributed by atoms with van der Waals surface area (Å²) in [7, 11) is 1.66. The fraction of sp³-hybridized carbons (Fsp3) is 0.407. The van der Waals surface area contributed by atoms with Crippen molar-refractivity contribution in [3.63, 3.8) is 0 Å². The number of ether oxygens (including phenoxy) is 3. The molecule has 0 unspecified atom stereocenters. The van der Waals surface area contributed by atoms with Crippen LogP contribution in [-0.4, -0.2) is 56.5 Å². The smallest absolute Gasteiger partial charge is 0.252 e. The number of para-hydroxylation sites is 1. The van der Waals surface area contributed by atoms with E-state index in [0.717, 1.165) is 53.2 Å². The number of methoxy groups -OCH3 is 1. The number of hydrogen-bond acceptors (Lipinski definition) is 8. The van der Waals surface area contributed by atoms with Crippen LogP contribution in [0.4, 0.5) is 0 Å². The van der Waals surface area contributed by atoms with E-state index in [0.29, 0.717) is 38.3 Å². The Bertz CT molecular complexity index is 1400. The largest absolute Gasteiger partial charge is 0.496 e. The maximum absolute atomic E-state index is 13.1. The van der Waals surface area contributed by atoms with E-state index in [1.165, 1.54) is 0 Å². The number of benzene rings is 2. The molecule has 1 atom stereocenters. The second-order valence-corrected chi connectivity index (χ2v) is 9.18. The minimum Gasteiger partial charge on any atom is -0.496 e. The molecule has 37 heavy (non-hydrogen) atoms. The Balaban J connectivity index is 1.45. The minimum absolute atomic E-state index is 0.118. The lowest BCUT2D eigenvalue weighted by Crippen LogP contribution is -2.29. The number of nitrogens with zero attached hydrogens (tertiary/aromatic N) is 5. The molecular weight excluding hydrogens is 472 g/mol. The Morgan fingerprint density at radius 2 is 2.00 bits per heavy atom. The van der Waals surface area contributed by atoms with E-state index in [4.69, 9.17) is 14.2 Å². The van der Waals surface area contributed by atoms with Crippen LogP contribution in [0.15, 0.2) is 53.3 Å². The predicted octanol–water partition coefficient (Wildman–Crippen LogP) is 3.30. The lowest BCUT2D eigenvalue weighted by atomic mass is 10.1. The van der Waals surface area contributed by atoms with Gasteiger partial charge in [0.2, 0.25) is 0 Å². The third-order valence-electron chi connectivity index (χ3n) is 6.56. The monoisotopic (exact) mass is 504 g/mol. The summed E-state index contributed by atoms with van der Waals surface area (Å²) in [6.45, 7) is 5.32. The number of tetrazole rings is 1. The highest BCUT2D eigenvalue weighted by atomic mass is 16.5. The van der Waals surface area contributed by atoms with E-state index >= 15 is 0 Å². The molecule has 0 radical (unpaired) electrons. The Morgan fingerprint density at radius 3 is 2.81 bits per heavy atom. The number of hydrogen-bond donors (Lipinski definition) is 1. The van der Waals surface area contributed by atoms with E-state index in [2.05, 4.69) is 25.4 Å². The molecule has 1 aliphatic heterocycles. The molecule has 5 rings (SSSR count). The first-order chi connectivity index (χ1) is 18.1. The number of rotatable bonds is 11. The van der Waals surface area contributed by atoms with E-state index in [-0.39, 0.29) is 11.7 Å². The van der Waals surface area contributed by atoms with Crippen molar-refractivity contribution < 1.29 is 14.2 Å². The van der Waals surface area contributed by atoms with Crippen molar-refractivity contribution in [2.45, 2.75) is 52.0 Å². The van der Waals surface area contributed by atoms with E-state index in [9.17, 15) is 4.79 Å². The van der Waals surface area contributed by atoms with Gasteiger partial charge in [-0.2, -0.15) is 0 Å². The molecule has 1 saturated heterocycles. The van der Waals surface area contributed by atoms with Gasteiger partial charge in [0, 0.05) is 41.7 Å². The molecule has 0 saturated carbocycles. The van der Waals surface area contributed by atoms with Crippen LogP contribution in [0.5, 0.6) is 11.5 Å². The molecule has 1 fully saturated rings. The van der Waals surface area contributed by atoms with Gasteiger partial charge in [-0.1, -0.05) is 18.2 Å². The Kier molecular flexibility index (Phi) is 7.76. The molecule has 10 heteroatoms.